The van der Waals surface area contributed by atoms with Crippen LogP contribution in [0.25, 0.3) is 5.70 Å². The second-order valence-electron chi connectivity index (χ2n) is 4.81. The predicted octanol–water partition coefficient (Wildman–Crippen LogP) is 3.70. The van der Waals surface area contributed by atoms with Crippen LogP contribution in [0.15, 0.2) is 18.2 Å². The Labute approximate surface area is 166 Å². The van der Waals surface area contributed by atoms with Crippen molar-refractivity contribution in [2.24, 2.45) is 0 Å². The van der Waals surface area contributed by atoms with E-state index in [1.54, 1.807) is 16.7 Å². The minimum Gasteiger partial charge on any atom is -0.483 e. The Bertz CT molecular complexity index is 565. The average Bonchev–Trinajstić information content (AvgIpc) is 2.48. The summed E-state index contributed by atoms with van der Waals surface area (Å²) in [5.41, 5.74) is 2.90. The number of thioether (sulfide) groups is 1. The van der Waals surface area contributed by atoms with Crippen LogP contribution in [-0.2, 0) is 37.5 Å². The number of carbonyl (C=O) groups is 1. The van der Waals surface area contributed by atoms with Crippen LogP contribution < -0.4 is 4.74 Å². The molecule has 117 valence electrons. The van der Waals surface area contributed by atoms with Crippen molar-refractivity contribution in [1.82, 2.24) is 4.90 Å². The number of halogens is 1. The second-order valence-corrected chi connectivity index (χ2v) is 6.15. The van der Waals surface area contributed by atoms with E-state index < -0.39 is 5.38 Å². The first kappa shape index (κ1) is 20.0. The summed E-state index contributed by atoms with van der Waals surface area (Å²) in [7, 11) is 0. The van der Waals surface area contributed by atoms with E-state index in [0.29, 0.717) is 18.9 Å². The first-order valence-corrected chi connectivity index (χ1v) is 8.70. The van der Waals surface area contributed by atoms with Gasteiger partial charge in [-0.15, -0.1) is 46.3 Å². The molecule has 0 N–H and O–H groups in total. The predicted molar refractivity (Wildman–Crippen MR) is 88.5 cm³/mol. The molecular formula is C16H19ClNO2SY-. The number of ether oxygens (including phenoxy) is 1. The fourth-order valence-corrected chi connectivity index (χ4v) is 2.77. The van der Waals surface area contributed by atoms with Crippen molar-refractivity contribution in [1.29, 1.82) is 0 Å². The number of benzene rings is 1. The van der Waals surface area contributed by atoms with Gasteiger partial charge in [0.15, 0.2) is 0 Å². The number of hydrogen-bond acceptors (Lipinski definition) is 3. The maximum absolute atomic E-state index is 12.2. The summed E-state index contributed by atoms with van der Waals surface area (Å²) in [5, 5.41) is -0.502. The van der Waals surface area contributed by atoms with E-state index in [4.69, 9.17) is 16.3 Å². The van der Waals surface area contributed by atoms with E-state index in [9.17, 15) is 4.79 Å². The van der Waals surface area contributed by atoms with Crippen molar-refractivity contribution < 1.29 is 42.2 Å². The summed E-state index contributed by atoms with van der Waals surface area (Å²) in [6.45, 7) is 4.55. The number of alkyl halides is 1. The molecule has 2 rings (SSSR count). The third-order valence-corrected chi connectivity index (χ3v) is 4.06. The fourth-order valence-electron chi connectivity index (χ4n) is 2.32. The summed E-state index contributed by atoms with van der Waals surface area (Å²) in [5.74, 6) is 1.42. The number of aryl methyl sites for hydroxylation is 1. The molecule has 1 unspecified atom stereocenters. The molecule has 1 radical (unpaired) electrons. The summed E-state index contributed by atoms with van der Waals surface area (Å²) in [6.07, 6.45) is 5.72. The van der Waals surface area contributed by atoms with Crippen molar-refractivity contribution in [3.63, 3.8) is 0 Å². The van der Waals surface area contributed by atoms with Crippen molar-refractivity contribution in [2.75, 3.05) is 18.7 Å². The zero-order chi connectivity index (χ0) is 15.4. The van der Waals surface area contributed by atoms with E-state index >= 15 is 0 Å². The van der Waals surface area contributed by atoms with Gasteiger partial charge in [0.2, 0.25) is 5.91 Å². The van der Waals surface area contributed by atoms with Gasteiger partial charge in [0, 0.05) is 39.3 Å². The Kier molecular flexibility index (Phi) is 8.48. The van der Waals surface area contributed by atoms with Crippen LogP contribution >= 0.6 is 23.4 Å². The van der Waals surface area contributed by atoms with Crippen LogP contribution in [0.5, 0.6) is 5.75 Å². The molecule has 1 amide bonds. The Morgan fingerprint density at radius 2 is 2.23 bits per heavy atom. The van der Waals surface area contributed by atoms with Crippen molar-refractivity contribution in [3.8, 4) is 5.75 Å². The molecule has 1 aromatic rings. The second kappa shape index (κ2) is 9.31. The largest absolute Gasteiger partial charge is 0.483 e. The average molecular weight is 414 g/mol. The van der Waals surface area contributed by atoms with E-state index in [1.165, 1.54) is 0 Å². The van der Waals surface area contributed by atoms with Crippen LogP contribution in [-0.4, -0.2) is 34.9 Å². The van der Waals surface area contributed by atoms with Gasteiger partial charge in [-0.05, 0) is 25.3 Å². The number of hydrogen-bond donors (Lipinski definition) is 0. The molecule has 1 aromatic carbocycles. The smallest absolute Gasteiger partial charge is 0.241 e. The molecule has 1 aliphatic rings. The number of amides is 1. The minimum absolute atomic E-state index is 0. The van der Waals surface area contributed by atoms with Crippen LogP contribution in [0.4, 0.5) is 0 Å². The van der Waals surface area contributed by atoms with Gasteiger partial charge in [0.05, 0.1) is 0 Å². The minimum atomic E-state index is -0.502. The molecule has 3 nitrogen and oxygen atoms in total. The van der Waals surface area contributed by atoms with E-state index in [2.05, 4.69) is 6.08 Å². The number of nitrogens with zero attached hydrogens (tertiary/aromatic N) is 1. The van der Waals surface area contributed by atoms with Crippen LogP contribution in [0, 0.1) is 13.0 Å². The van der Waals surface area contributed by atoms with Gasteiger partial charge in [-0.25, -0.2) is 6.08 Å². The Morgan fingerprint density at radius 3 is 2.82 bits per heavy atom. The molecule has 1 atom stereocenters. The van der Waals surface area contributed by atoms with Gasteiger partial charge in [-0.2, -0.15) is 0 Å². The topological polar surface area (TPSA) is 29.5 Å². The van der Waals surface area contributed by atoms with Crippen molar-refractivity contribution in [3.05, 3.63) is 35.4 Å². The maximum atomic E-state index is 12.2. The number of carbonyl (C=O) groups excluding carboxylic acids is 1. The molecule has 0 aromatic heterocycles. The molecule has 1 heterocycles. The monoisotopic (exact) mass is 413 g/mol. The molecule has 0 aliphatic carbocycles. The zero-order valence-electron chi connectivity index (χ0n) is 13.1. The zero-order valence-corrected chi connectivity index (χ0v) is 17.5. The fraction of sp³-hybridized carbons (Fsp3) is 0.438. The Morgan fingerprint density at radius 1 is 1.50 bits per heavy atom. The van der Waals surface area contributed by atoms with Gasteiger partial charge in [-0.3, -0.25) is 4.79 Å². The van der Waals surface area contributed by atoms with Gasteiger partial charge >= 0.3 is 0 Å². The molecular weight excluding hydrogens is 395 g/mol. The molecule has 0 saturated carbocycles. The third-order valence-electron chi connectivity index (χ3n) is 3.37. The van der Waals surface area contributed by atoms with Gasteiger partial charge in [-0.1, -0.05) is 13.3 Å². The van der Waals surface area contributed by atoms with Crippen LogP contribution in [0.1, 0.15) is 24.5 Å². The normalized spacial score (nSPS) is 17.8. The summed E-state index contributed by atoms with van der Waals surface area (Å²) in [4.78, 5) is 13.9. The Balaban J connectivity index is 0.00000242. The van der Waals surface area contributed by atoms with E-state index in [-0.39, 0.29) is 38.6 Å². The molecule has 0 saturated heterocycles. The number of rotatable bonds is 5. The SMILES string of the molecule is CCN1C(=O)C(Cl)C[C-]=C1c1ccc(OCSC)cc1C.[Y]. The molecule has 0 bridgehead atoms. The van der Waals surface area contributed by atoms with E-state index in [0.717, 1.165) is 22.6 Å². The van der Waals surface area contributed by atoms with Gasteiger partial charge < -0.3 is 9.64 Å². The molecule has 0 fully saturated rings. The van der Waals surface area contributed by atoms with Crippen molar-refractivity contribution >= 4 is 35.0 Å². The Hall–Kier alpha value is -0.0261. The maximum Gasteiger partial charge on any atom is 0.241 e. The summed E-state index contributed by atoms with van der Waals surface area (Å²) >= 11 is 7.66. The molecule has 22 heavy (non-hydrogen) atoms. The van der Waals surface area contributed by atoms with E-state index in [1.807, 2.05) is 38.3 Å². The number of allylic oxidation sites excluding steroid dienone is 1. The molecule has 0 spiro atoms. The van der Waals surface area contributed by atoms with Gasteiger partial charge in [0.1, 0.15) is 17.1 Å². The summed E-state index contributed by atoms with van der Waals surface area (Å²) < 4.78 is 5.60. The first-order chi connectivity index (χ1) is 10.1. The third kappa shape index (κ3) is 4.50. The quantitative estimate of drug-likeness (QED) is 0.419. The summed E-state index contributed by atoms with van der Waals surface area (Å²) in [6, 6.07) is 5.90. The van der Waals surface area contributed by atoms with Gasteiger partial charge in [0.25, 0.3) is 0 Å². The molecule has 1 aliphatic heterocycles. The van der Waals surface area contributed by atoms with Crippen molar-refractivity contribution in [2.45, 2.75) is 25.6 Å². The van der Waals surface area contributed by atoms with Crippen LogP contribution in [0.2, 0.25) is 0 Å². The van der Waals surface area contributed by atoms with Crippen LogP contribution in [0.3, 0.4) is 0 Å². The standard InChI is InChI=1S/C16H19ClNO2S.Y/c1-4-18-15(8-7-14(17)16(18)19)13-6-5-12(9-11(13)2)20-10-21-3;/h5-6,9,14H,4,7,10H2,1-3H3;/q-1;. The molecule has 6 heteroatoms. The first-order valence-electron chi connectivity index (χ1n) is 6.87.